The van der Waals surface area contributed by atoms with Crippen LogP contribution in [0.2, 0.25) is 0 Å². The molecule has 0 N–H and O–H groups in total. The summed E-state index contributed by atoms with van der Waals surface area (Å²) in [6, 6.07) is 0. The fraction of sp³-hybridized carbons (Fsp3) is 0.929. The van der Waals surface area contributed by atoms with E-state index in [-0.39, 0.29) is 11.9 Å². The minimum atomic E-state index is -0.0375. The molecule has 32 heavy (non-hydrogen) atoms. The second kappa shape index (κ2) is 20.5. The molecule has 0 saturated carbocycles. The summed E-state index contributed by atoms with van der Waals surface area (Å²) < 4.78 is 10.6. The molecule has 0 heterocycles. The molecule has 190 valence electrons. The molecule has 0 radical (unpaired) electrons. The number of hydrogen-bond acceptors (Lipinski definition) is 4. The summed E-state index contributed by atoms with van der Waals surface area (Å²) in [5.74, 6) is 1.75. The predicted octanol–water partition coefficient (Wildman–Crippen LogP) is 8.12. The summed E-state index contributed by atoms with van der Waals surface area (Å²) in [5, 5.41) is 0. The van der Waals surface area contributed by atoms with Crippen LogP contribution in [0.25, 0.3) is 0 Å². The minimum absolute atomic E-state index is 0.0246. The molecule has 0 aromatic heterocycles. The smallest absolute Gasteiger partial charge is 0.306 e. The molecule has 1 unspecified atom stereocenters. The molecule has 0 aromatic carbocycles. The Labute approximate surface area is 199 Å². The van der Waals surface area contributed by atoms with E-state index in [9.17, 15) is 9.59 Å². The Balaban J connectivity index is 3.53. The van der Waals surface area contributed by atoms with Crippen molar-refractivity contribution in [1.82, 2.24) is 0 Å². The summed E-state index contributed by atoms with van der Waals surface area (Å²) >= 11 is 0. The van der Waals surface area contributed by atoms with E-state index in [1.54, 1.807) is 0 Å². The standard InChI is InChI=1S/C28H54O4/c1-23(2)21-31-27(29)19-17-15-13-11-9-7-8-10-12-14-16-18-26(25(5)6)20-28(30)32-22-24(3)4/h23-26H,7-22H2,1-6H3. The molecule has 0 aliphatic rings. The number of esters is 2. The van der Waals surface area contributed by atoms with Crippen LogP contribution in [-0.4, -0.2) is 25.2 Å². The third-order valence-corrected chi connectivity index (χ3v) is 5.98. The summed E-state index contributed by atoms with van der Waals surface area (Å²) in [4.78, 5) is 23.6. The SMILES string of the molecule is CC(C)COC(=O)CCCCCCCCCCCCCC(CC(=O)OCC(C)C)C(C)C. The van der Waals surface area contributed by atoms with Crippen molar-refractivity contribution in [2.24, 2.45) is 23.7 Å². The van der Waals surface area contributed by atoms with Crippen LogP contribution in [0.15, 0.2) is 0 Å². The maximum absolute atomic E-state index is 12.0. The van der Waals surface area contributed by atoms with Crippen LogP contribution in [0.1, 0.15) is 131 Å². The Morgan fingerprint density at radius 2 is 0.969 bits per heavy atom. The Hall–Kier alpha value is -1.06. The highest BCUT2D eigenvalue weighted by Gasteiger charge is 2.18. The van der Waals surface area contributed by atoms with Gasteiger partial charge in [-0.25, -0.2) is 0 Å². The molecule has 0 aliphatic heterocycles. The van der Waals surface area contributed by atoms with Crippen molar-refractivity contribution in [3.8, 4) is 0 Å². The zero-order valence-corrected chi connectivity index (χ0v) is 22.3. The summed E-state index contributed by atoms with van der Waals surface area (Å²) in [5.41, 5.74) is 0. The summed E-state index contributed by atoms with van der Waals surface area (Å²) in [7, 11) is 0. The minimum Gasteiger partial charge on any atom is -0.465 e. The molecular weight excluding hydrogens is 400 g/mol. The van der Waals surface area contributed by atoms with Crippen molar-refractivity contribution >= 4 is 11.9 Å². The van der Waals surface area contributed by atoms with Gasteiger partial charge in [0.15, 0.2) is 0 Å². The fourth-order valence-corrected chi connectivity index (χ4v) is 3.80. The average molecular weight is 455 g/mol. The molecule has 4 heteroatoms. The van der Waals surface area contributed by atoms with Gasteiger partial charge >= 0.3 is 11.9 Å². The normalized spacial score (nSPS) is 12.5. The maximum Gasteiger partial charge on any atom is 0.306 e. The number of carbonyl (C=O) groups excluding carboxylic acids is 2. The van der Waals surface area contributed by atoms with Gasteiger partial charge in [-0.15, -0.1) is 0 Å². The first-order valence-electron chi connectivity index (χ1n) is 13.5. The van der Waals surface area contributed by atoms with Crippen LogP contribution >= 0.6 is 0 Å². The van der Waals surface area contributed by atoms with Gasteiger partial charge < -0.3 is 9.47 Å². The van der Waals surface area contributed by atoms with Crippen LogP contribution in [0, 0.1) is 23.7 Å². The van der Waals surface area contributed by atoms with Crippen molar-refractivity contribution in [1.29, 1.82) is 0 Å². The lowest BCUT2D eigenvalue weighted by Gasteiger charge is -2.20. The predicted molar refractivity (Wildman–Crippen MR) is 135 cm³/mol. The Morgan fingerprint density at radius 1 is 0.562 bits per heavy atom. The Morgan fingerprint density at radius 3 is 1.41 bits per heavy atom. The number of ether oxygens (including phenoxy) is 2. The van der Waals surface area contributed by atoms with E-state index in [4.69, 9.17) is 9.47 Å². The van der Waals surface area contributed by atoms with Crippen molar-refractivity contribution in [3.63, 3.8) is 0 Å². The Bertz CT molecular complexity index is 456. The average Bonchev–Trinajstić information content (AvgIpc) is 2.72. The molecule has 1 atom stereocenters. The molecule has 0 bridgehead atoms. The van der Waals surface area contributed by atoms with E-state index in [2.05, 4.69) is 41.5 Å². The topological polar surface area (TPSA) is 52.6 Å². The zero-order chi connectivity index (χ0) is 24.2. The van der Waals surface area contributed by atoms with Crippen LogP contribution < -0.4 is 0 Å². The molecule has 4 nitrogen and oxygen atoms in total. The van der Waals surface area contributed by atoms with E-state index in [1.807, 2.05) is 0 Å². The second-order valence-electron chi connectivity index (χ2n) is 10.8. The third kappa shape index (κ3) is 20.8. The van der Waals surface area contributed by atoms with E-state index >= 15 is 0 Å². The monoisotopic (exact) mass is 454 g/mol. The largest absolute Gasteiger partial charge is 0.465 e. The highest BCUT2D eigenvalue weighted by Crippen LogP contribution is 2.23. The first-order valence-corrected chi connectivity index (χ1v) is 13.5. The molecule has 0 fully saturated rings. The maximum atomic E-state index is 12.0. The summed E-state index contributed by atoms with van der Waals surface area (Å²) in [6.07, 6.45) is 16.0. The number of carbonyl (C=O) groups is 2. The van der Waals surface area contributed by atoms with E-state index < -0.39 is 0 Å². The van der Waals surface area contributed by atoms with Gasteiger partial charge in [-0.1, -0.05) is 106 Å². The van der Waals surface area contributed by atoms with E-state index in [0.717, 1.165) is 19.3 Å². The van der Waals surface area contributed by atoms with Gasteiger partial charge in [-0.2, -0.15) is 0 Å². The highest BCUT2D eigenvalue weighted by atomic mass is 16.5. The molecule has 0 saturated heterocycles. The van der Waals surface area contributed by atoms with Crippen molar-refractivity contribution < 1.29 is 19.1 Å². The lowest BCUT2D eigenvalue weighted by atomic mass is 9.87. The van der Waals surface area contributed by atoms with Gasteiger partial charge in [0, 0.05) is 12.8 Å². The number of rotatable bonds is 21. The van der Waals surface area contributed by atoms with Crippen molar-refractivity contribution in [2.45, 2.75) is 131 Å². The van der Waals surface area contributed by atoms with Gasteiger partial charge in [-0.3, -0.25) is 9.59 Å². The van der Waals surface area contributed by atoms with Gasteiger partial charge in [0.05, 0.1) is 13.2 Å². The van der Waals surface area contributed by atoms with Crippen molar-refractivity contribution in [2.75, 3.05) is 13.2 Å². The molecular formula is C28H54O4. The molecule has 0 rings (SSSR count). The van der Waals surface area contributed by atoms with Gasteiger partial charge in [-0.05, 0) is 36.5 Å². The molecule has 0 aliphatic carbocycles. The van der Waals surface area contributed by atoms with Crippen LogP contribution in [0.5, 0.6) is 0 Å². The Kier molecular flexibility index (Phi) is 19.9. The lowest BCUT2D eigenvalue weighted by molar-refractivity contribution is -0.146. The molecule has 0 amide bonds. The summed E-state index contributed by atoms with van der Waals surface area (Å²) in [6.45, 7) is 13.8. The highest BCUT2D eigenvalue weighted by molar-refractivity contribution is 5.69. The first kappa shape index (κ1) is 30.9. The second-order valence-corrected chi connectivity index (χ2v) is 10.8. The fourth-order valence-electron chi connectivity index (χ4n) is 3.80. The van der Waals surface area contributed by atoms with Crippen LogP contribution in [0.3, 0.4) is 0 Å². The van der Waals surface area contributed by atoms with Gasteiger partial charge in [0.25, 0.3) is 0 Å². The zero-order valence-electron chi connectivity index (χ0n) is 22.3. The molecule has 0 spiro atoms. The van der Waals surface area contributed by atoms with Crippen LogP contribution in [-0.2, 0) is 19.1 Å². The number of unbranched alkanes of at least 4 members (excludes halogenated alkanes) is 10. The molecule has 0 aromatic rings. The number of hydrogen-bond donors (Lipinski definition) is 0. The van der Waals surface area contributed by atoms with Gasteiger partial charge in [0.2, 0.25) is 0 Å². The van der Waals surface area contributed by atoms with E-state index in [0.29, 0.717) is 49.7 Å². The first-order chi connectivity index (χ1) is 15.2. The van der Waals surface area contributed by atoms with Gasteiger partial charge in [0.1, 0.15) is 0 Å². The van der Waals surface area contributed by atoms with Crippen LogP contribution in [0.4, 0.5) is 0 Å². The third-order valence-electron chi connectivity index (χ3n) is 5.98. The lowest BCUT2D eigenvalue weighted by Crippen LogP contribution is -2.18. The van der Waals surface area contributed by atoms with E-state index in [1.165, 1.54) is 57.8 Å². The van der Waals surface area contributed by atoms with Crippen molar-refractivity contribution in [3.05, 3.63) is 0 Å². The quantitative estimate of drug-likeness (QED) is 0.130.